The number of piperidine rings is 1. The van der Waals surface area contributed by atoms with Crippen molar-refractivity contribution in [2.24, 2.45) is 0 Å². The zero-order chi connectivity index (χ0) is 16.7. The summed E-state index contributed by atoms with van der Waals surface area (Å²) in [6.07, 6.45) is 3.33. The van der Waals surface area contributed by atoms with Crippen LogP contribution in [-0.4, -0.2) is 42.6 Å². The van der Waals surface area contributed by atoms with E-state index in [9.17, 15) is 4.79 Å². The quantitative estimate of drug-likeness (QED) is 0.840. The number of amides is 1. The standard InChI is InChI=1S/C19H30N2O2/c1-4-15-7-9-17(10-8-15)23-18(5-2)19(22)20-16-11-13-21(6-3)14-12-16/h7-10,16,18H,4-6,11-14H2,1-3H3,(H,20,22)/t18-/m0/s1. The Morgan fingerprint density at radius 1 is 1.22 bits per heavy atom. The Hall–Kier alpha value is -1.55. The van der Waals surface area contributed by atoms with Gasteiger partial charge in [-0.2, -0.15) is 0 Å². The third-order valence-corrected chi connectivity index (χ3v) is 4.65. The summed E-state index contributed by atoms with van der Waals surface area (Å²) in [5.41, 5.74) is 1.28. The van der Waals surface area contributed by atoms with Crippen LogP contribution < -0.4 is 10.1 Å². The largest absolute Gasteiger partial charge is 0.481 e. The van der Waals surface area contributed by atoms with E-state index in [2.05, 4.69) is 36.2 Å². The summed E-state index contributed by atoms with van der Waals surface area (Å²) in [6.45, 7) is 9.53. The third-order valence-electron chi connectivity index (χ3n) is 4.65. The molecule has 4 heteroatoms. The van der Waals surface area contributed by atoms with E-state index in [0.717, 1.165) is 44.6 Å². The molecule has 0 radical (unpaired) electrons. The molecule has 0 unspecified atom stereocenters. The van der Waals surface area contributed by atoms with Gasteiger partial charge in [0, 0.05) is 19.1 Å². The van der Waals surface area contributed by atoms with E-state index in [0.29, 0.717) is 6.42 Å². The molecule has 1 atom stereocenters. The first kappa shape index (κ1) is 17.8. The zero-order valence-electron chi connectivity index (χ0n) is 14.7. The van der Waals surface area contributed by atoms with Crippen molar-refractivity contribution in [1.29, 1.82) is 0 Å². The molecule has 1 amide bonds. The summed E-state index contributed by atoms with van der Waals surface area (Å²) >= 11 is 0. The maximum atomic E-state index is 12.5. The third kappa shape index (κ3) is 5.24. The van der Waals surface area contributed by atoms with Gasteiger partial charge in [-0.25, -0.2) is 0 Å². The van der Waals surface area contributed by atoms with Crippen LogP contribution in [0.3, 0.4) is 0 Å². The van der Waals surface area contributed by atoms with Crippen LogP contribution in [0.4, 0.5) is 0 Å². The second kappa shape index (κ2) is 8.92. The molecule has 0 spiro atoms. The van der Waals surface area contributed by atoms with Crippen LogP contribution in [0.25, 0.3) is 0 Å². The van der Waals surface area contributed by atoms with Gasteiger partial charge in [0.2, 0.25) is 0 Å². The number of nitrogens with zero attached hydrogens (tertiary/aromatic N) is 1. The summed E-state index contributed by atoms with van der Waals surface area (Å²) < 4.78 is 5.89. The van der Waals surface area contributed by atoms with Crippen molar-refractivity contribution in [3.8, 4) is 5.75 Å². The summed E-state index contributed by atoms with van der Waals surface area (Å²) in [6, 6.07) is 8.30. The molecule has 1 aliphatic heterocycles. The second-order valence-electron chi connectivity index (χ2n) is 6.23. The molecule has 1 aromatic carbocycles. The number of benzene rings is 1. The molecule has 23 heavy (non-hydrogen) atoms. The van der Waals surface area contributed by atoms with Crippen molar-refractivity contribution in [1.82, 2.24) is 10.2 Å². The number of hydrogen-bond acceptors (Lipinski definition) is 3. The van der Waals surface area contributed by atoms with Crippen molar-refractivity contribution in [2.45, 2.75) is 58.6 Å². The molecular weight excluding hydrogens is 288 g/mol. The predicted octanol–water partition coefficient (Wildman–Crippen LogP) is 3.01. The summed E-state index contributed by atoms with van der Waals surface area (Å²) in [4.78, 5) is 14.9. The Balaban J connectivity index is 1.85. The SMILES string of the molecule is CCc1ccc(O[C@@H](CC)C(=O)NC2CCN(CC)CC2)cc1. The molecule has 0 aliphatic carbocycles. The number of rotatable bonds is 7. The van der Waals surface area contributed by atoms with Crippen LogP contribution in [0.1, 0.15) is 45.6 Å². The van der Waals surface area contributed by atoms with Crippen LogP contribution in [0, 0.1) is 0 Å². The lowest BCUT2D eigenvalue weighted by molar-refractivity contribution is -0.129. The van der Waals surface area contributed by atoms with Gasteiger partial charge in [0.25, 0.3) is 5.91 Å². The molecule has 2 rings (SSSR count). The molecule has 1 aliphatic rings. The van der Waals surface area contributed by atoms with Gasteiger partial charge in [0.1, 0.15) is 5.75 Å². The minimum Gasteiger partial charge on any atom is -0.481 e. The van der Waals surface area contributed by atoms with Gasteiger partial charge in [-0.05, 0) is 49.9 Å². The number of nitrogens with one attached hydrogen (secondary N) is 1. The first-order chi connectivity index (χ1) is 11.2. The second-order valence-corrected chi connectivity index (χ2v) is 6.23. The van der Waals surface area contributed by atoms with E-state index >= 15 is 0 Å². The van der Waals surface area contributed by atoms with Gasteiger partial charge in [-0.15, -0.1) is 0 Å². The fourth-order valence-corrected chi connectivity index (χ4v) is 2.98. The fourth-order valence-electron chi connectivity index (χ4n) is 2.98. The smallest absolute Gasteiger partial charge is 0.261 e. The zero-order valence-corrected chi connectivity index (χ0v) is 14.7. The van der Waals surface area contributed by atoms with E-state index < -0.39 is 6.10 Å². The molecule has 1 fully saturated rings. The van der Waals surface area contributed by atoms with Crippen molar-refractivity contribution >= 4 is 5.91 Å². The topological polar surface area (TPSA) is 41.6 Å². The van der Waals surface area contributed by atoms with Crippen LogP contribution in [0.5, 0.6) is 5.75 Å². The molecule has 0 bridgehead atoms. The van der Waals surface area contributed by atoms with Crippen LogP contribution >= 0.6 is 0 Å². The Bertz CT molecular complexity index is 479. The highest BCUT2D eigenvalue weighted by molar-refractivity contribution is 5.81. The minimum atomic E-state index is -0.410. The lowest BCUT2D eigenvalue weighted by Crippen LogP contribution is -2.48. The summed E-state index contributed by atoms with van der Waals surface area (Å²) in [5, 5.41) is 3.17. The number of carbonyl (C=O) groups is 1. The molecule has 128 valence electrons. The van der Waals surface area contributed by atoms with E-state index in [1.807, 2.05) is 19.1 Å². The molecule has 1 saturated heterocycles. The highest BCUT2D eigenvalue weighted by Gasteiger charge is 2.24. The van der Waals surface area contributed by atoms with Crippen molar-refractivity contribution in [2.75, 3.05) is 19.6 Å². The lowest BCUT2D eigenvalue weighted by atomic mass is 10.0. The molecule has 1 aromatic rings. The maximum Gasteiger partial charge on any atom is 0.261 e. The van der Waals surface area contributed by atoms with Crippen LogP contribution in [0.15, 0.2) is 24.3 Å². The minimum absolute atomic E-state index is 0.0158. The maximum absolute atomic E-state index is 12.5. The molecule has 1 heterocycles. The molecule has 0 aromatic heterocycles. The van der Waals surface area contributed by atoms with Gasteiger partial charge in [0.15, 0.2) is 6.10 Å². The van der Waals surface area contributed by atoms with Gasteiger partial charge >= 0.3 is 0 Å². The van der Waals surface area contributed by atoms with E-state index in [4.69, 9.17) is 4.74 Å². The average molecular weight is 318 g/mol. The van der Waals surface area contributed by atoms with Crippen LogP contribution in [0.2, 0.25) is 0 Å². The van der Waals surface area contributed by atoms with Crippen molar-refractivity contribution in [3.63, 3.8) is 0 Å². The Kier molecular flexibility index (Phi) is 6.90. The first-order valence-electron chi connectivity index (χ1n) is 8.94. The Morgan fingerprint density at radius 3 is 2.39 bits per heavy atom. The fraction of sp³-hybridized carbons (Fsp3) is 0.632. The monoisotopic (exact) mass is 318 g/mol. The molecule has 4 nitrogen and oxygen atoms in total. The van der Waals surface area contributed by atoms with Gasteiger partial charge in [-0.3, -0.25) is 4.79 Å². The Morgan fingerprint density at radius 2 is 1.87 bits per heavy atom. The first-order valence-corrected chi connectivity index (χ1v) is 8.94. The number of likely N-dealkylation sites (tertiary alicyclic amines) is 1. The normalized spacial score (nSPS) is 17.7. The van der Waals surface area contributed by atoms with E-state index in [1.54, 1.807) is 0 Å². The molecule has 1 N–H and O–H groups in total. The molecular formula is C19H30N2O2. The molecule has 0 saturated carbocycles. The van der Waals surface area contributed by atoms with Gasteiger partial charge in [-0.1, -0.05) is 32.9 Å². The number of aryl methyl sites for hydroxylation is 1. The lowest BCUT2D eigenvalue weighted by Gasteiger charge is -2.32. The number of hydrogen-bond donors (Lipinski definition) is 1. The predicted molar refractivity (Wildman–Crippen MR) is 93.8 cm³/mol. The number of ether oxygens (including phenoxy) is 1. The average Bonchev–Trinajstić information content (AvgIpc) is 2.60. The van der Waals surface area contributed by atoms with Crippen LogP contribution in [-0.2, 0) is 11.2 Å². The Labute approximate surface area is 140 Å². The van der Waals surface area contributed by atoms with Crippen molar-refractivity contribution < 1.29 is 9.53 Å². The van der Waals surface area contributed by atoms with E-state index in [1.165, 1.54) is 5.56 Å². The van der Waals surface area contributed by atoms with Gasteiger partial charge in [0.05, 0.1) is 0 Å². The number of carbonyl (C=O) groups excluding carboxylic acids is 1. The highest BCUT2D eigenvalue weighted by Crippen LogP contribution is 2.16. The summed E-state index contributed by atoms with van der Waals surface area (Å²) in [5.74, 6) is 0.784. The summed E-state index contributed by atoms with van der Waals surface area (Å²) in [7, 11) is 0. The van der Waals surface area contributed by atoms with Crippen molar-refractivity contribution in [3.05, 3.63) is 29.8 Å². The van der Waals surface area contributed by atoms with Gasteiger partial charge < -0.3 is 15.0 Å². The highest BCUT2D eigenvalue weighted by atomic mass is 16.5. The van der Waals surface area contributed by atoms with E-state index in [-0.39, 0.29) is 11.9 Å².